The molecule has 0 saturated carbocycles. The van der Waals surface area contributed by atoms with Crippen molar-refractivity contribution < 1.29 is 74.7 Å². The maximum Gasteiger partial charge on any atom is 0.523 e. The molecule has 19 nitrogen and oxygen atoms in total. The van der Waals surface area contributed by atoms with E-state index in [1.807, 2.05) is 156 Å². The molecule has 0 bridgehead atoms. The van der Waals surface area contributed by atoms with Crippen LogP contribution in [0.2, 0.25) is 0 Å². The number of aliphatic hydroxyl groups excluding tert-OH is 4. The Labute approximate surface area is 618 Å². The van der Waals surface area contributed by atoms with Crippen molar-refractivity contribution in [2.45, 2.75) is 107 Å². The number of aliphatic hydroxyl groups is 4. The summed E-state index contributed by atoms with van der Waals surface area (Å²) in [5, 5.41) is 37.6. The van der Waals surface area contributed by atoms with Gasteiger partial charge in [0.1, 0.15) is 50.8 Å². The number of alkyl halides is 3. The number of benzene rings is 6. The van der Waals surface area contributed by atoms with Gasteiger partial charge in [0.2, 0.25) is 0 Å². The molecule has 0 aliphatic carbocycles. The van der Waals surface area contributed by atoms with Crippen LogP contribution in [0.1, 0.15) is 112 Å². The van der Waals surface area contributed by atoms with Gasteiger partial charge >= 0.3 is 27.8 Å². The van der Waals surface area contributed by atoms with Gasteiger partial charge in [0.25, 0.3) is 0 Å². The molecule has 0 unspecified atom stereocenters. The molecule has 6 rings (SSSR count). The van der Waals surface area contributed by atoms with E-state index in [0.717, 1.165) is 55.5 Å². The highest BCUT2D eigenvalue weighted by atomic mass is 127. The number of hydrogen-bond donors (Lipinski definition) is 10. The van der Waals surface area contributed by atoms with Crippen LogP contribution in [0.25, 0.3) is 0 Å². The number of hydrogen-bond acceptors (Lipinski definition) is 17. The lowest BCUT2D eigenvalue weighted by Crippen LogP contribution is -2.27. The number of anilines is 6. The van der Waals surface area contributed by atoms with Crippen molar-refractivity contribution in [2.75, 3.05) is 93.0 Å². The third kappa shape index (κ3) is 64.0. The van der Waals surface area contributed by atoms with Crippen LogP contribution in [0.4, 0.5) is 56.9 Å². The Balaban J connectivity index is -0.000000345. The maximum absolute atomic E-state index is 11.5. The number of nitrogens with two attached hydrogens (primary N) is 4. The Morgan fingerprint density at radius 2 is 0.770 bits per heavy atom. The van der Waals surface area contributed by atoms with Gasteiger partial charge in [-0.25, -0.2) is 9.59 Å². The molecule has 100 heavy (non-hydrogen) atoms. The highest BCUT2D eigenvalue weighted by Crippen LogP contribution is 2.24. The first-order chi connectivity index (χ1) is 46.6. The van der Waals surface area contributed by atoms with E-state index in [1.165, 1.54) is 9.99 Å². The second-order valence-corrected chi connectivity index (χ2v) is 24.4. The Bertz CT molecular complexity index is 3600. The molecule has 546 valence electrons. The monoisotopic (exact) mass is 1630 g/mol. The first-order valence-electron chi connectivity index (χ1n) is 29.9. The Morgan fingerprint density at radius 3 is 1.02 bits per heavy atom. The van der Waals surface area contributed by atoms with Gasteiger partial charge in [-0.15, -0.1) is 12.8 Å². The number of carbonyl (C=O) groups excluding carboxylic acids is 2. The van der Waals surface area contributed by atoms with E-state index in [4.69, 9.17) is 62.3 Å². The largest absolute Gasteiger partial charge is 0.523 e. The molecule has 14 N–H and O–H groups in total. The second-order valence-electron chi connectivity index (χ2n) is 20.3. The predicted octanol–water partition coefficient (Wildman–Crippen LogP) is 14.0. The molecular formula is C75H97F3I2N6O13S. The van der Waals surface area contributed by atoms with Crippen LogP contribution in [0.15, 0.2) is 146 Å². The third-order valence-electron chi connectivity index (χ3n) is 9.07. The van der Waals surface area contributed by atoms with Crippen LogP contribution in [0, 0.1) is 79.2 Å². The smallest absolute Gasteiger partial charge is 0.444 e. The van der Waals surface area contributed by atoms with Crippen molar-refractivity contribution >= 4 is 102 Å². The molecule has 0 radical (unpaired) electrons. The molecule has 0 heterocycles. The van der Waals surface area contributed by atoms with Crippen LogP contribution in [0.3, 0.4) is 0 Å². The zero-order valence-electron chi connectivity index (χ0n) is 57.7. The van der Waals surface area contributed by atoms with E-state index >= 15 is 0 Å². The van der Waals surface area contributed by atoms with Crippen molar-refractivity contribution in [3.8, 4) is 72.1 Å². The van der Waals surface area contributed by atoms with Gasteiger partial charge in [0.15, 0.2) is 0 Å². The number of halogens is 5. The first-order valence-corrected chi connectivity index (χ1v) is 33.5. The quantitative estimate of drug-likeness (QED) is 0.0169. The Kier molecular flexibility index (Phi) is 61.4. The van der Waals surface area contributed by atoms with Gasteiger partial charge in [0.05, 0.1) is 6.61 Å². The molecule has 0 spiro atoms. The number of nitrogen functional groups attached to an aromatic ring is 4. The summed E-state index contributed by atoms with van der Waals surface area (Å²) in [6.07, 6.45) is 9.37. The standard InChI is InChI=1S/C14H17NO3.C11H14INO2.2C11H13NO.C9H9NO.C6H6IN.C3H5F3O3S.2C3H4O.C3H8.CH4/c1-14(2,3)18-13(17)15-12-8-4-6-11(10-12)7-5-9-16;1-11(2,3)15-10(14)13-9-6-4-5-8(12)7-9;2*1-2-13-8-4-6-10-5-3-7-11(12)9-10;10-9-5-1-3-8(7-9)4-2-6-11;7-5-2-1-3-6(8)4-5;1-2-9-10(7,8)3(4,5)6;2*1-2-3-4;1-3-2;/h4,6,8,10,16H,9H2,1-3H3,(H,15,17);4-7H,1-3H3,(H,13,14);2*3,5,7,9H,2,8,12H2,1H3;1,3,5,7,11H,6,10H2;1-4H,8H2;2H2,1H3;2*1,4H,3H2;3H2,1-2H3;1H4. The second kappa shape index (κ2) is 61.4. The van der Waals surface area contributed by atoms with Gasteiger partial charge < -0.3 is 62.3 Å². The zero-order chi connectivity index (χ0) is 76.1. The number of ether oxygens (including phenoxy) is 4. The van der Waals surface area contributed by atoms with E-state index in [0.29, 0.717) is 37.8 Å². The number of rotatable bonds is 8. The lowest BCUT2D eigenvalue weighted by molar-refractivity contribution is -0.0539. The van der Waals surface area contributed by atoms with Crippen LogP contribution in [-0.4, -0.2) is 117 Å². The van der Waals surface area contributed by atoms with Gasteiger partial charge in [0, 0.05) is 76.7 Å². The first kappa shape index (κ1) is 100.0. The van der Waals surface area contributed by atoms with E-state index in [9.17, 15) is 31.2 Å². The fourth-order valence-corrected chi connectivity index (χ4v) is 7.08. The van der Waals surface area contributed by atoms with Gasteiger partial charge in [-0.2, -0.15) is 21.6 Å². The summed E-state index contributed by atoms with van der Waals surface area (Å²) in [5.74, 6) is 26.3. The molecule has 0 aliphatic heterocycles. The summed E-state index contributed by atoms with van der Waals surface area (Å²) in [5.41, 5.74) is 23.6. The van der Waals surface area contributed by atoms with E-state index in [2.05, 4.69) is 134 Å². The fourth-order valence-electron chi connectivity index (χ4n) is 5.53. The normalized spacial score (nSPS) is 9.42. The van der Waals surface area contributed by atoms with Crippen molar-refractivity contribution in [2.24, 2.45) is 0 Å². The number of terminal acetylenes is 2. The SMILES string of the molecule is C.C#CCO.C#CCO.CC(C)(C)OC(=O)Nc1cccc(C#CCO)c1.CC(C)(C)OC(=O)Nc1cccc(I)c1.CCC.CCOCC#Cc1cccc(N)c1.CCOCC#Cc1cccc(N)c1.CCOS(=O)(=O)C(F)(F)F.Nc1cccc(C#CCO)c1.Nc1cccc(I)c1. The molecule has 0 fully saturated rings. The van der Waals surface area contributed by atoms with Crippen molar-refractivity contribution in [1.82, 2.24) is 0 Å². The van der Waals surface area contributed by atoms with Crippen LogP contribution < -0.4 is 33.6 Å². The summed E-state index contributed by atoms with van der Waals surface area (Å²) in [6, 6.07) is 44.6. The molecule has 0 aromatic heterocycles. The van der Waals surface area contributed by atoms with Crippen molar-refractivity contribution in [1.29, 1.82) is 0 Å². The minimum Gasteiger partial charge on any atom is -0.444 e. The Morgan fingerprint density at radius 1 is 0.480 bits per heavy atom. The lowest BCUT2D eigenvalue weighted by atomic mass is 10.2. The molecule has 0 atom stereocenters. The van der Waals surface area contributed by atoms with Gasteiger partial charge in [-0.3, -0.25) is 14.8 Å². The highest BCUT2D eigenvalue weighted by Gasteiger charge is 2.47. The summed E-state index contributed by atoms with van der Waals surface area (Å²) >= 11 is 4.41. The lowest BCUT2D eigenvalue weighted by Gasteiger charge is -2.19. The van der Waals surface area contributed by atoms with Gasteiger partial charge in [-0.1, -0.05) is 123 Å². The van der Waals surface area contributed by atoms with Crippen molar-refractivity contribution in [3.05, 3.63) is 175 Å². The molecule has 6 aromatic carbocycles. The van der Waals surface area contributed by atoms with E-state index in [-0.39, 0.29) is 33.9 Å². The van der Waals surface area contributed by atoms with Crippen LogP contribution >= 0.6 is 45.2 Å². The van der Waals surface area contributed by atoms with Crippen LogP contribution in [0.5, 0.6) is 0 Å². The highest BCUT2D eigenvalue weighted by molar-refractivity contribution is 14.1. The minimum absolute atomic E-state index is 0. The molecule has 0 aliphatic rings. The minimum atomic E-state index is -5.35. The average Bonchev–Trinajstić information content (AvgIpc) is 0.886. The van der Waals surface area contributed by atoms with E-state index in [1.54, 1.807) is 57.2 Å². The molecule has 25 heteroatoms. The third-order valence-corrected chi connectivity index (χ3v) is 11.5. The average molecular weight is 1630 g/mol. The number of carbonyl (C=O) groups is 2. The number of amides is 2. The van der Waals surface area contributed by atoms with Gasteiger partial charge in [-0.05, 0) is 217 Å². The predicted molar refractivity (Wildman–Crippen MR) is 417 cm³/mol. The summed E-state index contributed by atoms with van der Waals surface area (Å²) < 4.78 is 79.9. The Hall–Kier alpha value is -8.66. The molecular weight excluding hydrogens is 1540 g/mol. The summed E-state index contributed by atoms with van der Waals surface area (Å²) in [7, 11) is -5.35. The molecule has 0 saturated heterocycles. The molecule has 2 amide bonds. The zero-order valence-corrected chi connectivity index (χ0v) is 62.8. The topological polar surface area (TPSA) is 323 Å². The van der Waals surface area contributed by atoms with Crippen molar-refractivity contribution in [3.63, 3.8) is 0 Å². The van der Waals surface area contributed by atoms with Crippen LogP contribution in [-0.2, 0) is 33.2 Å². The van der Waals surface area contributed by atoms with E-state index < -0.39 is 45.6 Å². The summed E-state index contributed by atoms with van der Waals surface area (Å²) in [4.78, 5) is 22.9. The fraction of sp³-hybridized carbons (Fsp3) is 0.333. The maximum atomic E-state index is 11.5. The molecule has 6 aromatic rings. The summed E-state index contributed by atoms with van der Waals surface area (Å²) in [6.45, 7) is 21.4. The number of nitrogens with one attached hydrogen (secondary N) is 2.